The molecule has 0 spiro atoms. The Balaban J connectivity index is 1.67. The number of likely N-dealkylation sites (tertiary alicyclic amines) is 1. The monoisotopic (exact) mass is 387 g/mol. The molecule has 3 heterocycles. The van der Waals surface area contributed by atoms with E-state index < -0.39 is 0 Å². The molecule has 0 aliphatic carbocycles. The number of pyridine rings is 1. The highest BCUT2D eigenvalue weighted by Crippen LogP contribution is 2.36. The SMILES string of the molecule is c1ccc(-c2nc3ccccc3cc2C(N2CCCCC2)N2CCOCC2)cc1. The third-order valence-corrected chi connectivity index (χ3v) is 6.21. The number of hydrogen-bond acceptors (Lipinski definition) is 4. The van der Waals surface area contributed by atoms with Crippen molar-refractivity contribution in [3.8, 4) is 11.3 Å². The predicted molar refractivity (Wildman–Crippen MR) is 118 cm³/mol. The van der Waals surface area contributed by atoms with Gasteiger partial charge < -0.3 is 4.74 Å². The molecule has 0 N–H and O–H groups in total. The number of benzene rings is 2. The van der Waals surface area contributed by atoms with E-state index in [4.69, 9.17) is 9.72 Å². The molecule has 4 nitrogen and oxygen atoms in total. The molecule has 29 heavy (non-hydrogen) atoms. The van der Waals surface area contributed by atoms with E-state index in [0.29, 0.717) is 0 Å². The second-order valence-electron chi connectivity index (χ2n) is 8.10. The van der Waals surface area contributed by atoms with Gasteiger partial charge >= 0.3 is 0 Å². The number of nitrogens with zero attached hydrogens (tertiary/aromatic N) is 3. The van der Waals surface area contributed by atoms with Crippen molar-refractivity contribution >= 4 is 10.9 Å². The van der Waals surface area contributed by atoms with E-state index in [1.54, 1.807) is 0 Å². The molecule has 0 radical (unpaired) electrons. The molecule has 1 atom stereocenters. The van der Waals surface area contributed by atoms with Gasteiger partial charge in [-0.2, -0.15) is 0 Å². The van der Waals surface area contributed by atoms with E-state index in [9.17, 15) is 0 Å². The highest BCUT2D eigenvalue weighted by molar-refractivity contribution is 5.83. The van der Waals surface area contributed by atoms with Gasteiger partial charge in [-0.15, -0.1) is 0 Å². The van der Waals surface area contributed by atoms with E-state index in [0.717, 1.165) is 50.6 Å². The van der Waals surface area contributed by atoms with Gasteiger partial charge in [0.05, 0.1) is 30.6 Å². The Kier molecular flexibility index (Phi) is 5.57. The first-order chi connectivity index (χ1) is 14.4. The second-order valence-corrected chi connectivity index (χ2v) is 8.10. The number of para-hydroxylation sites is 1. The molecule has 2 aliphatic rings. The minimum absolute atomic E-state index is 0.256. The Labute approximate surface area is 173 Å². The summed E-state index contributed by atoms with van der Waals surface area (Å²) in [7, 11) is 0. The van der Waals surface area contributed by atoms with Gasteiger partial charge in [-0.05, 0) is 38.1 Å². The molecule has 2 fully saturated rings. The molecular formula is C25H29N3O. The van der Waals surface area contributed by atoms with Crippen LogP contribution in [0, 0.1) is 0 Å². The minimum Gasteiger partial charge on any atom is -0.379 e. The lowest BCUT2D eigenvalue weighted by atomic mass is 9.98. The predicted octanol–water partition coefficient (Wildman–Crippen LogP) is 4.72. The molecule has 5 rings (SSSR count). The Morgan fingerprint density at radius 3 is 2.24 bits per heavy atom. The van der Waals surface area contributed by atoms with Crippen LogP contribution in [0.1, 0.15) is 31.0 Å². The van der Waals surface area contributed by atoms with Crippen molar-refractivity contribution in [1.82, 2.24) is 14.8 Å². The van der Waals surface area contributed by atoms with Crippen LogP contribution in [0.3, 0.4) is 0 Å². The molecule has 150 valence electrons. The van der Waals surface area contributed by atoms with Crippen LogP contribution in [0.4, 0.5) is 0 Å². The van der Waals surface area contributed by atoms with E-state index in [1.807, 2.05) is 0 Å². The first kappa shape index (κ1) is 18.7. The summed E-state index contributed by atoms with van der Waals surface area (Å²) >= 11 is 0. The van der Waals surface area contributed by atoms with Gasteiger partial charge in [-0.1, -0.05) is 55.0 Å². The number of piperidine rings is 1. The normalized spacial score (nSPS) is 20.0. The van der Waals surface area contributed by atoms with Crippen molar-refractivity contribution in [3.05, 3.63) is 66.2 Å². The number of morpholine rings is 1. The summed E-state index contributed by atoms with van der Waals surface area (Å²) in [5.41, 5.74) is 4.71. The van der Waals surface area contributed by atoms with E-state index >= 15 is 0 Å². The molecule has 4 heteroatoms. The Hall–Kier alpha value is -2.27. The molecule has 0 bridgehead atoms. The Morgan fingerprint density at radius 2 is 1.45 bits per heavy atom. The number of hydrogen-bond donors (Lipinski definition) is 0. The second kappa shape index (κ2) is 8.62. The van der Waals surface area contributed by atoms with Crippen LogP contribution in [0.25, 0.3) is 22.2 Å². The standard InChI is InChI=1S/C25H29N3O/c1-3-9-20(10-4-1)24-22(19-21-11-5-6-12-23(21)26-24)25(27-13-7-2-8-14-27)28-15-17-29-18-16-28/h1,3-6,9-12,19,25H,2,7-8,13-18H2. The first-order valence-corrected chi connectivity index (χ1v) is 10.9. The zero-order chi connectivity index (χ0) is 19.5. The number of ether oxygens (including phenoxy) is 1. The maximum absolute atomic E-state index is 5.68. The lowest BCUT2D eigenvalue weighted by Crippen LogP contribution is -2.48. The molecule has 2 aliphatic heterocycles. The molecule has 3 aromatic rings. The molecule has 1 unspecified atom stereocenters. The van der Waals surface area contributed by atoms with Gasteiger partial charge in [-0.25, -0.2) is 4.98 Å². The van der Waals surface area contributed by atoms with Crippen LogP contribution in [-0.2, 0) is 4.74 Å². The van der Waals surface area contributed by atoms with Crippen LogP contribution in [0.5, 0.6) is 0 Å². The van der Waals surface area contributed by atoms with Gasteiger partial charge in [0.2, 0.25) is 0 Å². The maximum Gasteiger partial charge on any atom is 0.0909 e. The van der Waals surface area contributed by atoms with Crippen molar-refractivity contribution < 1.29 is 4.74 Å². The highest BCUT2D eigenvalue weighted by Gasteiger charge is 2.31. The van der Waals surface area contributed by atoms with Crippen LogP contribution >= 0.6 is 0 Å². The van der Waals surface area contributed by atoms with Crippen molar-refractivity contribution in [2.24, 2.45) is 0 Å². The van der Waals surface area contributed by atoms with E-state index in [2.05, 4.69) is 70.5 Å². The summed E-state index contributed by atoms with van der Waals surface area (Å²) in [5, 5.41) is 1.22. The van der Waals surface area contributed by atoms with Crippen LogP contribution in [0.15, 0.2) is 60.7 Å². The topological polar surface area (TPSA) is 28.6 Å². The first-order valence-electron chi connectivity index (χ1n) is 10.9. The van der Waals surface area contributed by atoms with Crippen LogP contribution in [-0.4, -0.2) is 54.2 Å². The van der Waals surface area contributed by atoms with Gasteiger partial charge in [-0.3, -0.25) is 9.80 Å². The minimum atomic E-state index is 0.256. The molecule has 1 aromatic heterocycles. The zero-order valence-electron chi connectivity index (χ0n) is 17.0. The van der Waals surface area contributed by atoms with Gasteiger partial charge in [0, 0.05) is 29.6 Å². The van der Waals surface area contributed by atoms with Gasteiger partial charge in [0.25, 0.3) is 0 Å². The zero-order valence-corrected chi connectivity index (χ0v) is 17.0. The average Bonchev–Trinajstić information content (AvgIpc) is 2.81. The summed E-state index contributed by atoms with van der Waals surface area (Å²) in [4.78, 5) is 10.4. The molecule has 2 saturated heterocycles. The smallest absolute Gasteiger partial charge is 0.0909 e. The summed E-state index contributed by atoms with van der Waals surface area (Å²) in [5.74, 6) is 0. The van der Waals surface area contributed by atoms with Crippen molar-refractivity contribution in [2.45, 2.75) is 25.4 Å². The molecule has 0 saturated carbocycles. The summed E-state index contributed by atoms with van der Waals surface area (Å²) in [6, 6.07) is 21.6. The number of fused-ring (bicyclic) bond motifs is 1. The highest BCUT2D eigenvalue weighted by atomic mass is 16.5. The van der Waals surface area contributed by atoms with E-state index in [-0.39, 0.29) is 6.17 Å². The van der Waals surface area contributed by atoms with Crippen LogP contribution in [0.2, 0.25) is 0 Å². The lowest BCUT2D eigenvalue weighted by Gasteiger charge is -2.43. The van der Waals surface area contributed by atoms with Gasteiger partial charge in [0.1, 0.15) is 0 Å². The van der Waals surface area contributed by atoms with Gasteiger partial charge in [0.15, 0.2) is 0 Å². The van der Waals surface area contributed by atoms with Crippen molar-refractivity contribution in [3.63, 3.8) is 0 Å². The summed E-state index contributed by atoms with van der Waals surface area (Å²) in [6.07, 6.45) is 4.16. The number of aromatic nitrogens is 1. The average molecular weight is 388 g/mol. The maximum atomic E-state index is 5.68. The fourth-order valence-corrected chi connectivity index (χ4v) is 4.77. The largest absolute Gasteiger partial charge is 0.379 e. The van der Waals surface area contributed by atoms with E-state index in [1.165, 1.54) is 35.8 Å². The Morgan fingerprint density at radius 1 is 0.759 bits per heavy atom. The fraction of sp³-hybridized carbons (Fsp3) is 0.400. The third-order valence-electron chi connectivity index (χ3n) is 6.21. The molecule has 0 amide bonds. The molecule has 2 aromatic carbocycles. The fourth-order valence-electron chi connectivity index (χ4n) is 4.77. The summed E-state index contributed by atoms with van der Waals surface area (Å²) in [6.45, 7) is 5.88. The summed E-state index contributed by atoms with van der Waals surface area (Å²) < 4.78 is 5.68. The lowest BCUT2D eigenvalue weighted by molar-refractivity contribution is -0.0402. The third kappa shape index (κ3) is 3.93. The van der Waals surface area contributed by atoms with Crippen LogP contribution < -0.4 is 0 Å². The molecular weight excluding hydrogens is 358 g/mol. The number of rotatable bonds is 4. The quantitative estimate of drug-likeness (QED) is 0.648. The van der Waals surface area contributed by atoms with Crippen molar-refractivity contribution in [1.29, 1.82) is 0 Å². The Bertz CT molecular complexity index is 929. The van der Waals surface area contributed by atoms with Crippen molar-refractivity contribution in [2.75, 3.05) is 39.4 Å².